The maximum absolute atomic E-state index is 11.6. The van der Waals surface area contributed by atoms with Gasteiger partial charge in [0.15, 0.2) is 0 Å². The normalized spacial score (nSPS) is 11.5. The van der Waals surface area contributed by atoms with Crippen molar-refractivity contribution in [3.63, 3.8) is 0 Å². The molecule has 0 unspecified atom stereocenters. The Morgan fingerprint density at radius 2 is 2.13 bits per heavy atom. The zero-order chi connectivity index (χ0) is 11.5. The molecule has 5 nitrogen and oxygen atoms in total. The summed E-state index contributed by atoms with van der Waals surface area (Å²) in [6.07, 6.45) is 1.80. The van der Waals surface area contributed by atoms with Gasteiger partial charge in [0.05, 0.1) is 0 Å². The predicted octanol–water partition coefficient (Wildman–Crippen LogP) is 1.29. The Morgan fingerprint density at radius 3 is 2.67 bits per heavy atom. The lowest BCUT2D eigenvalue weighted by atomic mass is 10.1. The van der Waals surface area contributed by atoms with Gasteiger partial charge >= 0.3 is 0 Å². The molecule has 0 saturated heterocycles. The van der Waals surface area contributed by atoms with E-state index in [4.69, 9.17) is 0 Å². The molecule has 1 aromatic rings. The smallest absolute Gasteiger partial charge is 0.291 e. The second-order valence-electron chi connectivity index (χ2n) is 4.56. The number of H-pyrrole nitrogens is 1. The Balaban J connectivity index is 2.66. The van der Waals surface area contributed by atoms with E-state index >= 15 is 0 Å². The van der Waals surface area contributed by atoms with Crippen molar-refractivity contribution in [3.05, 3.63) is 11.6 Å². The Bertz CT molecular complexity index is 337. The van der Waals surface area contributed by atoms with Crippen LogP contribution >= 0.6 is 0 Å². The summed E-state index contributed by atoms with van der Waals surface area (Å²) in [7, 11) is 0. The van der Waals surface area contributed by atoms with E-state index in [1.165, 1.54) is 0 Å². The molecule has 1 aromatic heterocycles. The summed E-state index contributed by atoms with van der Waals surface area (Å²) in [6.45, 7) is 7.82. The monoisotopic (exact) mass is 210 g/mol. The van der Waals surface area contributed by atoms with Crippen molar-refractivity contribution >= 4 is 5.91 Å². The molecule has 0 fully saturated rings. The van der Waals surface area contributed by atoms with Gasteiger partial charge in [0.25, 0.3) is 5.91 Å². The quantitative estimate of drug-likeness (QED) is 0.789. The Kier molecular flexibility index (Phi) is 3.44. The van der Waals surface area contributed by atoms with Crippen molar-refractivity contribution in [2.45, 2.75) is 46.1 Å². The van der Waals surface area contributed by atoms with Crippen LogP contribution in [-0.2, 0) is 6.42 Å². The van der Waals surface area contributed by atoms with Crippen molar-refractivity contribution in [2.24, 2.45) is 0 Å². The van der Waals surface area contributed by atoms with Crippen molar-refractivity contribution in [3.8, 4) is 0 Å². The van der Waals surface area contributed by atoms with E-state index in [1.807, 2.05) is 20.8 Å². The summed E-state index contributed by atoms with van der Waals surface area (Å²) >= 11 is 0. The molecule has 0 atom stereocenters. The van der Waals surface area contributed by atoms with Crippen LogP contribution in [0.5, 0.6) is 0 Å². The number of hydrogen-bond donors (Lipinski definition) is 2. The van der Waals surface area contributed by atoms with E-state index in [0.717, 1.165) is 18.7 Å². The molecule has 2 N–H and O–H groups in total. The first-order chi connectivity index (χ1) is 6.92. The van der Waals surface area contributed by atoms with E-state index in [-0.39, 0.29) is 17.3 Å². The highest BCUT2D eigenvalue weighted by Gasteiger charge is 2.18. The molecule has 0 radical (unpaired) electrons. The van der Waals surface area contributed by atoms with Crippen LogP contribution in [0.1, 0.15) is 50.6 Å². The van der Waals surface area contributed by atoms with E-state index in [1.54, 1.807) is 0 Å². The number of amides is 1. The first-order valence-corrected chi connectivity index (χ1v) is 5.16. The van der Waals surface area contributed by atoms with Gasteiger partial charge in [-0.1, -0.05) is 6.92 Å². The first-order valence-electron chi connectivity index (χ1n) is 5.16. The maximum atomic E-state index is 11.6. The van der Waals surface area contributed by atoms with Gasteiger partial charge in [0.1, 0.15) is 5.82 Å². The highest BCUT2D eigenvalue weighted by Crippen LogP contribution is 2.02. The van der Waals surface area contributed by atoms with Crippen LogP contribution in [0.25, 0.3) is 0 Å². The summed E-state index contributed by atoms with van der Waals surface area (Å²) in [4.78, 5) is 15.7. The molecule has 84 valence electrons. The second kappa shape index (κ2) is 4.42. The third kappa shape index (κ3) is 3.69. The highest BCUT2D eigenvalue weighted by atomic mass is 16.2. The molecule has 0 bridgehead atoms. The maximum Gasteiger partial charge on any atom is 0.291 e. The average molecular weight is 210 g/mol. The number of aryl methyl sites for hydroxylation is 1. The molecular formula is C10H18N4O. The molecule has 0 aliphatic heterocycles. The summed E-state index contributed by atoms with van der Waals surface area (Å²) in [5.74, 6) is 0.742. The fourth-order valence-corrected chi connectivity index (χ4v) is 1.14. The van der Waals surface area contributed by atoms with Gasteiger partial charge in [0.2, 0.25) is 5.82 Å². The standard InChI is InChI=1S/C10H18N4O/c1-5-6-7-11-8(14-13-7)9(15)12-10(2,3)4/h5-6H2,1-4H3,(H,12,15)(H,11,13,14). The lowest BCUT2D eigenvalue weighted by molar-refractivity contribution is 0.0909. The van der Waals surface area contributed by atoms with Gasteiger partial charge in [0, 0.05) is 12.0 Å². The number of aromatic nitrogens is 3. The number of carbonyl (C=O) groups excluding carboxylic acids is 1. The van der Waals surface area contributed by atoms with Gasteiger partial charge in [-0.3, -0.25) is 9.89 Å². The first kappa shape index (κ1) is 11.7. The fourth-order valence-electron chi connectivity index (χ4n) is 1.14. The number of hydrogen-bond acceptors (Lipinski definition) is 3. The SMILES string of the molecule is CCCc1nc(C(=O)NC(C)(C)C)n[nH]1. The number of carbonyl (C=O) groups is 1. The minimum atomic E-state index is -0.261. The molecule has 0 aliphatic rings. The van der Waals surface area contributed by atoms with Crippen LogP contribution in [0, 0.1) is 0 Å². The third-order valence-corrected chi connectivity index (χ3v) is 1.71. The molecule has 0 aliphatic carbocycles. The summed E-state index contributed by atoms with van der Waals surface area (Å²) in [5, 5.41) is 9.43. The lowest BCUT2D eigenvalue weighted by Gasteiger charge is -2.18. The van der Waals surface area contributed by atoms with Crippen LogP contribution in [0.3, 0.4) is 0 Å². The minimum Gasteiger partial charge on any atom is -0.345 e. The Labute approximate surface area is 89.7 Å². The van der Waals surface area contributed by atoms with Crippen LogP contribution in [0.15, 0.2) is 0 Å². The van der Waals surface area contributed by atoms with Gasteiger partial charge in [-0.15, -0.1) is 5.10 Å². The minimum absolute atomic E-state index is 0.216. The van der Waals surface area contributed by atoms with E-state index in [0.29, 0.717) is 0 Å². The zero-order valence-corrected chi connectivity index (χ0v) is 9.72. The lowest BCUT2D eigenvalue weighted by Crippen LogP contribution is -2.41. The number of nitrogens with one attached hydrogen (secondary N) is 2. The second-order valence-corrected chi connectivity index (χ2v) is 4.56. The van der Waals surface area contributed by atoms with Crippen LogP contribution in [0.4, 0.5) is 0 Å². The van der Waals surface area contributed by atoms with Gasteiger partial charge in [-0.25, -0.2) is 4.98 Å². The van der Waals surface area contributed by atoms with Gasteiger partial charge in [-0.2, -0.15) is 0 Å². The molecule has 5 heteroatoms. The average Bonchev–Trinajstić information content (AvgIpc) is 2.50. The summed E-state index contributed by atoms with van der Waals surface area (Å²) in [6, 6.07) is 0. The molecule has 15 heavy (non-hydrogen) atoms. The highest BCUT2D eigenvalue weighted by molar-refractivity contribution is 5.90. The largest absolute Gasteiger partial charge is 0.345 e. The number of aromatic amines is 1. The fraction of sp³-hybridized carbons (Fsp3) is 0.700. The molecule has 0 spiro atoms. The van der Waals surface area contributed by atoms with Crippen LogP contribution < -0.4 is 5.32 Å². The zero-order valence-electron chi connectivity index (χ0n) is 9.72. The van der Waals surface area contributed by atoms with Gasteiger partial charge in [-0.05, 0) is 27.2 Å². The summed E-state index contributed by atoms with van der Waals surface area (Å²) in [5.41, 5.74) is -0.261. The van der Waals surface area contributed by atoms with Crippen molar-refractivity contribution in [1.29, 1.82) is 0 Å². The van der Waals surface area contributed by atoms with E-state index in [9.17, 15) is 4.79 Å². The Morgan fingerprint density at radius 1 is 1.47 bits per heavy atom. The molecule has 1 heterocycles. The number of rotatable bonds is 3. The number of nitrogens with zero attached hydrogens (tertiary/aromatic N) is 2. The van der Waals surface area contributed by atoms with E-state index < -0.39 is 0 Å². The van der Waals surface area contributed by atoms with Crippen molar-refractivity contribution < 1.29 is 4.79 Å². The molecule has 0 aromatic carbocycles. The van der Waals surface area contributed by atoms with Crippen LogP contribution in [0.2, 0.25) is 0 Å². The summed E-state index contributed by atoms with van der Waals surface area (Å²) < 4.78 is 0. The molecular weight excluding hydrogens is 192 g/mol. The van der Waals surface area contributed by atoms with Gasteiger partial charge < -0.3 is 5.32 Å². The molecule has 0 saturated carbocycles. The predicted molar refractivity (Wildman–Crippen MR) is 57.6 cm³/mol. The van der Waals surface area contributed by atoms with E-state index in [2.05, 4.69) is 27.4 Å². The molecule has 1 rings (SSSR count). The molecule has 1 amide bonds. The third-order valence-electron chi connectivity index (χ3n) is 1.71. The van der Waals surface area contributed by atoms with Crippen molar-refractivity contribution in [2.75, 3.05) is 0 Å². The van der Waals surface area contributed by atoms with Crippen molar-refractivity contribution in [1.82, 2.24) is 20.5 Å². The Hall–Kier alpha value is -1.39. The topological polar surface area (TPSA) is 70.7 Å². The van der Waals surface area contributed by atoms with Crippen LogP contribution in [-0.4, -0.2) is 26.6 Å².